The van der Waals surface area contributed by atoms with Crippen LogP contribution in [-0.4, -0.2) is 51.1 Å². The van der Waals surface area contributed by atoms with Gasteiger partial charge in [0, 0.05) is 36.9 Å². The van der Waals surface area contributed by atoms with Crippen molar-refractivity contribution in [1.29, 1.82) is 0 Å². The zero-order valence-electron chi connectivity index (χ0n) is 14.4. The van der Waals surface area contributed by atoms with Gasteiger partial charge in [0.25, 0.3) is 5.91 Å². The monoisotopic (exact) mass is 385 g/mol. The molecule has 9 heteroatoms. The van der Waals surface area contributed by atoms with Gasteiger partial charge in [0.1, 0.15) is 10.5 Å². The molecule has 0 saturated carbocycles. The minimum atomic E-state index is -0.944. The molecule has 0 radical (unpaired) electrons. The van der Waals surface area contributed by atoms with Crippen molar-refractivity contribution in [2.75, 3.05) is 18.4 Å². The first kappa shape index (κ1) is 17.3. The number of rotatable bonds is 4. The molecule has 3 aromatic heterocycles. The molecule has 0 bridgehead atoms. The molecule has 1 unspecified atom stereocenters. The first-order valence-corrected chi connectivity index (χ1v) is 9.55. The molecule has 1 aliphatic rings. The van der Waals surface area contributed by atoms with Crippen LogP contribution in [0.5, 0.6) is 0 Å². The van der Waals surface area contributed by atoms with E-state index in [1.54, 1.807) is 6.20 Å². The summed E-state index contributed by atoms with van der Waals surface area (Å²) in [7, 11) is 0. The van der Waals surface area contributed by atoms with E-state index in [-0.39, 0.29) is 11.9 Å². The van der Waals surface area contributed by atoms with Crippen LogP contribution in [0.3, 0.4) is 0 Å². The lowest BCUT2D eigenvalue weighted by atomic mass is 10.1. The minimum absolute atomic E-state index is 0.172. The van der Waals surface area contributed by atoms with E-state index < -0.39 is 6.09 Å². The number of carboxylic acid groups (broad SMARTS) is 1. The molecule has 4 heterocycles. The smallest absolute Gasteiger partial charge is 0.407 e. The molecule has 0 aromatic carbocycles. The second-order valence-corrected chi connectivity index (χ2v) is 7.34. The van der Waals surface area contributed by atoms with Crippen molar-refractivity contribution < 1.29 is 14.7 Å². The minimum Gasteiger partial charge on any atom is -0.465 e. The van der Waals surface area contributed by atoms with Gasteiger partial charge in [-0.25, -0.2) is 9.78 Å². The standard InChI is InChI=1S/C18H19N5O3S/c24-17(21-11-2-1-8-23(10-11)18(25)26)15-14(5-9-27-15)22-13-4-7-20-16-12(13)3-6-19-16/h3-7,9,11H,1-2,8,10H2,(H,21,24)(H,25,26)(H2,19,20,22). The van der Waals surface area contributed by atoms with Gasteiger partial charge in [0.15, 0.2) is 0 Å². The van der Waals surface area contributed by atoms with E-state index in [1.807, 2.05) is 29.8 Å². The average molecular weight is 385 g/mol. The van der Waals surface area contributed by atoms with Crippen molar-refractivity contribution in [3.63, 3.8) is 0 Å². The molecule has 2 amide bonds. The number of hydrogen-bond donors (Lipinski definition) is 4. The SMILES string of the molecule is O=C(NC1CCCN(C(=O)O)C1)c1sccc1Nc1ccnc2[nH]ccc12. The van der Waals surface area contributed by atoms with Crippen LogP contribution in [0.2, 0.25) is 0 Å². The van der Waals surface area contributed by atoms with Gasteiger partial charge < -0.3 is 25.6 Å². The Morgan fingerprint density at radius 3 is 3.04 bits per heavy atom. The average Bonchev–Trinajstić information content (AvgIpc) is 3.31. The number of pyridine rings is 1. The molecule has 8 nitrogen and oxygen atoms in total. The molecule has 1 atom stereocenters. The third-order valence-corrected chi connectivity index (χ3v) is 5.54. The van der Waals surface area contributed by atoms with Crippen molar-refractivity contribution in [3.8, 4) is 0 Å². The Morgan fingerprint density at radius 1 is 1.30 bits per heavy atom. The Kier molecular flexibility index (Phi) is 4.68. The maximum absolute atomic E-state index is 12.8. The van der Waals surface area contributed by atoms with Gasteiger partial charge in [-0.15, -0.1) is 11.3 Å². The van der Waals surface area contributed by atoms with Crippen molar-refractivity contribution in [1.82, 2.24) is 20.2 Å². The van der Waals surface area contributed by atoms with Crippen LogP contribution in [0, 0.1) is 0 Å². The van der Waals surface area contributed by atoms with Crippen molar-refractivity contribution in [3.05, 3.63) is 40.8 Å². The molecule has 0 spiro atoms. The van der Waals surface area contributed by atoms with Crippen LogP contribution >= 0.6 is 11.3 Å². The Balaban J connectivity index is 1.49. The lowest BCUT2D eigenvalue weighted by molar-refractivity contribution is 0.0893. The number of nitrogens with one attached hydrogen (secondary N) is 3. The molecular weight excluding hydrogens is 366 g/mol. The fourth-order valence-electron chi connectivity index (χ4n) is 3.32. The van der Waals surface area contributed by atoms with Crippen LogP contribution in [0.4, 0.5) is 16.2 Å². The number of aromatic amines is 1. The van der Waals surface area contributed by atoms with Crippen molar-refractivity contribution >= 4 is 45.7 Å². The zero-order valence-corrected chi connectivity index (χ0v) is 15.3. The molecule has 140 valence electrons. The summed E-state index contributed by atoms with van der Waals surface area (Å²) in [5.74, 6) is -0.191. The molecule has 1 saturated heterocycles. The molecule has 3 aromatic rings. The van der Waals surface area contributed by atoms with E-state index in [2.05, 4.69) is 20.6 Å². The van der Waals surface area contributed by atoms with Gasteiger partial charge in [-0.05, 0) is 36.4 Å². The highest BCUT2D eigenvalue weighted by Gasteiger charge is 2.25. The van der Waals surface area contributed by atoms with Crippen LogP contribution < -0.4 is 10.6 Å². The van der Waals surface area contributed by atoms with Crippen LogP contribution in [0.15, 0.2) is 36.0 Å². The molecule has 1 aliphatic heterocycles. The molecule has 4 N–H and O–H groups in total. The second kappa shape index (κ2) is 7.28. The maximum Gasteiger partial charge on any atom is 0.407 e. The number of fused-ring (bicyclic) bond motifs is 1. The van der Waals surface area contributed by atoms with Gasteiger partial charge in [0.2, 0.25) is 0 Å². The van der Waals surface area contributed by atoms with E-state index in [1.165, 1.54) is 16.2 Å². The van der Waals surface area contributed by atoms with Gasteiger partial charge in [-0.2, -0.15) is 0 Å². The third-order valence-electron chi connectivity index (χ3n) is 4.63. The predicted octanol–water partition coefficient (Wildman–Crippen LogP) is 3.24. The Morgan fingerprint density at radius 2 is 2.19 bits per heavy atom. The number of carbonyl (C=O) groups excluding carboxylic acids is 1. The summed E-state index contributed by atoms with van der Waals surface area (Å²) in [6.45, 7) is 0.839. The largest absolute Gasteiger partial charge is 0.465 e. The summed E-state index contributed by atoms with van der Waals surface area (Å²) in [5.41, 5.74) is 2.36. The fourth-order valence-corrected chi connectivity index (χ4v) is 4.07. The maximum atomic E-state index is 12.8. The number of amides is 2. The first-order valence-electron chi connectivity index (χ1n) is 8.67. The quantitative estimate of drug-likeness (QED) is 0.551. The number of anilines is 2. The summed E-state index contributed by atoms with van der Waals surface area (Å²) in [4.78, 5) is 33.2. The van der Waals surface area contributed by atoms with Gasteiger partial charge in [-0.3, -0.25) is 4.79 Å². The summed E-state index contributed by atoms with van der Waals surface area (Å²) >= 11 is 1.35. The number of piperidine rings is 1. The van der Waals surface area contributed by atoms with E-state index in [0.717, 1.165) is 35.2 Å². The molecular formula is C18H19N5O3S. The number of H-pyrrole nitrogens is 1. The number of likely N-dealkylation sites (tertiary alicyclic amines) is 1. The normalized spacial score (nSPS) is 17.0. The number of hydrogen-bond acceptors (Lipinski definition) is 5. The highest BCUT2D eigenvalue weighted by Crippen LogP contribution is 2.29. The molecule has 4 rings (SSSR count). The molecule has 0 aliphatic carbocycles. The van der Waals surface area contributed by atoms with Crippen LogP contribution in [0.1, 0.15) is 22.5 Å². The van der Waals surface area contributed by atoms with Gasteiger partial charge in [-0.1, -0.05) is 0 Å². The predicted molar refractivity (Wildman–Crippen MR) is 104 cm³/mol. The number of nitrogens with zero attached hydrogens (tertiary/aromatic N) is 2. The summed E-state index contributed by atoms with van der Waals surface area (Å²) in [5, 5.41) is 18.2. The Labute approximate surface area is 159 Å². The fraction of sp³-hybridized carbons (Fsp3) is 0.278. The highest BCUT2D eigenvalue weighted by molar-refractivity contribution is 7.12. The van der Waals surface area contributed by atoms with E-state index in [4.69, 9.17) is 5.11 Å². The number of aromatic nitrogens is 2. The van der Waals surface area contributed by atoms with Crippen molar-refractivity contribution in [2.24, 2.45) is 0 Å². The van der Waals surface area contributed by atoms with Crippen LogP contribution in [-0.2, 0) is 0 Å². The van der Waals surface area contributed by atoms with Gasteiger partial charge >= 0.3 is 6.09 Å². The Bertz CT molecular complexity index is 982. The molecule has 1 fully saturated rings. The third kappa shape index (κ3) is 3.59. The lowest BCUT2D eigenvalue weighted by Gasteiger charge is -2.31. The Hall–Kier alpha value is -3.07. The summed E-state index contributed by atoms with van der Waals surface area (Å²) < 4.78 is 0. The van der Waals surface area contributed by atoms with E-state index >= 15 is 0 Å². The highest BCUT2D eigenvalue weighted by atomic mass is 32.1. The number of thiophene rings is 1. The van der Waals surface area contributed by atoms with Crippen molar-refractivity contribution in [2.45, 2.75) is 18.9 Å². The summed E-state index contributed by atoms with van der Waals surface area (Å²) in [6, 6.07) is 5.48. The lowest BCUT2D eigenvalue weighted by Crippen LogP contribution is -2.49. The van der Waals surface area contributed by atoms with Crippen LogP contribution in [0.25, 0.3) is 11.0 Å². The van der Waals surface area contributed by atoms with E-state index in [0.29, 0.717) is 18.0 Å². The van der Waals surface area contributed by atoms with E-state index in [9.17, 15) is 9.59 Å². The number of carbonyl (C=O) groups is 2. The molecule has 27 heavy (non-hydrogen) atoms. The summed E-state index contributed by atoms with van der Waals surface area (Å²) in [6.07, 6.45) is 4.10. The first-order chi connectivity index (χ1) is 13.1. The second-order valence-electron chi connectivity index (χ2n) is 6.43. The van der Waals surface area contributed by atoms with Gasteiger partial charge in [0.05, 0.1) is 11.4 Å². The topological polar surface area (TPSA) is 110 Å². The zero-order chi connectivity index (χ0) is 18.8.